The third-order valence-electron chi connectivity index (χ3n) is 2.25. The SMILES string of the molecule is Cc1nc(C(=O)c2ccccc2)c(C)[nH]1. The molecular weight excluding hydrogens is 188 g/mol. The van der Waals surface area contributed by atoms with Crippen molar-refractivity contribution in [1.29, 1.82) is 0 Å². The molecule has 2 aromatic rings. The summed E-state index contributed by atoms with van der Waals surface area (Å²) in [6.45, 7) is 3.70. The number of H-pyrrole nitrogens is 1. The van der Waals surface area contributed by atoms with Crippen LogP contribution in [0, 0.1) is 13.8 Å². The van der Waals surface area contributed by atoms with Crippen LogP contribution in [0.5, 0.6) is 0 Å². The van der Waals surface area contributed by atoms with E-state index in [0.29, 0.717) is 11.3 Å². The van der Waals surface area contributed by atoms with Crippen LogP contribution in [-0.4, -0.2) is 15.8 Å². The van der Waals surface area contributed by atoms with Crippen LogP contribution in [0.1, 0.15) is 27.6 Å². The summed E-state index contributed by atoms with van der Waals surface area (Å²) in [5.41, 5.74) is 2.01. The van der Waals surface area contributed by atoms with Crippen molar-refractivity contribution in [3.05, 3.63) is 53.1 Å². The van der Waals surface area contributed by atoms with Crippen molar-refractivity contribution in [3.8, 4) is 0 Å². The maximum Gasteiger partial charge on any atom is 0.213 e. The topological polar surface area (TPSA) is 45.8 Å². The van der Waals surface area contributed by atoms with E-state index >= 15 is 0 Å². The van der Waals surface area contributed by atoms with Crippen molar-refractivity contribution in [1.82, 2.24) is 9.97 Å². The minimum Gasteiger partial charge on any atom is -0.346 e. The molecule has 0 fully saturated rings. The molecule has 3 nitrogen and oxygen atoms in total. The summed E-state index contributed by atoms with van der Waals surface area (Å²) in [6.07, 6.45) is 0. The Bertz CT molecular complexity index is 486. The Morgan fingerprint density at radius 3 is 2.40 bits per heavy atom. The summed E-state index contributed by atoms with van der Waals surface area (Å²) in [6, 6.07) is 9.18. The van der Waals surface area contributed by atoms with Crippen molar-refractivity contribution in [3.63, 3.8) is 0 Å². The lowest BCUT2D eigenvalue weighted by Gasteiger charge is -1.97. The Balaban J connectivity index is 2.41. The van der Waals surface area contributed by atoms with Crippen LogP contribution in [0.4, 0.5) is 0 Å². The van der Waals surface area contributed by atoms with Gasteiger partial charge in [-0.1, -0.05) is 30.3 Å². The average molecular weight is 200 g/mol. The number of nitrogens with one attached hydrogen (secondary N) is 1. The van der Waals surface area contributed by atoms with Gasteiger partial charge in [-0.05, 0) is 13.8 Å². The molecule has 0 radical (unpaired) electrons. The molecule has 0 atom stereocenters. The number of hydrogen-bond acceptors (Lipinski definition) is 2. The normalized spacial score (nSPS) is 10.3. The Morgan fingerprint density at radius 2 is 1.87 bits per heavy atom. The van der Waals surface area contributed by atoms with Gasteiger partial charge in [0.05, 0.1) is 0 Å². The highest BCUT2D eigenvalue weighted by atomic mass is 16.1. The minimum absolute atomic E-state index is 0.0301. The summed E-state index contributed by atoms with van der Waals surface area (Å²) < 4.78 is 0. The molecule has 1 heterocycles. The fraction of sp³-hybridized carbons (Fsp3) is 0.167. The summed E-state index contributed by atoms with van der Waals surface area (Å²) in [7, 11) is 0. The molecule has 0 unspecified atom stereocenters. The van der Waals surface area contributed by atoms with Crippen LogP contribution in [0.15, 0.2) is 30.3 Å². The first kappa shape index (κ1) is 9.65. The van der Waals surface area contributed by atoms with Crippen molar-refractivity contribution in [2.24, 2.45) is 0 Å². The van der Waals surface area contributed by atoms with Crippen LogP contribution >= 0.6 is 0 Å². The Labute approximate surface area is 88.2 Å². The quantitative estimate of drug-likeness (QED) is 0.756. The molecule has 0 spiro atoms. The Hall–Kier alpha value is -1.90. The van der Waals surface area contributed by atoms with Crippen LogP contribution < -0.4 is 0 Å². The molecule has 0 saturated heterocycles. The van der Waals surface area contributed by atoms with Gasteiger partial charge in [-0.25, -0.2) is 4.98 Å². The lowest BCUT2D eigenvalue weighted by atomic mass is 10.1. The van der Waals surface area contributed by atoms with E-state index < -0.39 is 0 Å². The first-order valence-electron chi connectivity index (χ1n) is 4.81. The third-order valence-corrected chi connectivity index (χ3v) is 2.25. The number of imidazole rings is 1. The highest BCUT2D eigenvalue weighted by Crippen LogP contribution is 2.11. The molecule has 1 N–H and O–H groups in total. The molecule has 76 valence electrons. The number of carbonyl (C=O) groups excluding carboxylic acids is 1. The number of rotatable bonds is 2. The van der Waals surface area contributed by atoms with E-state index in [1.807, 2.05) is 32.0 Å². The fourth-order valence-electron chi connectivity index (χ4n) is 1.56. The largest absolute Gasteiger partial charge is 0.346 e. The molecule has 3 heteroatoms. The molecule has 0 bridgehead atoms. The molecule has 0 saturated carbocycles. The average Bonchev–Trinajstić information content (AvgIpc) is 2.58. The number of aromatic amines is 1. The predicted octanol–water partition coefficient (Wildman–Crippen LogP) is 2.26. The maximum absolute atomic E-state index is 12.0. The van der Waals surface area contributed by atoms with Gasteiger partial charge >= 0.3 is 0 Å². The van der Waals surface area contributed by atoms with E-state index in [1.54, 1.807) is 12.1 Å². The van der Waals surface area contributed by atoms with Crippen molar-refractivity contribution in [2.45, 2.75) is 13.8 Å². The van der Waals surface area contributed by atoms with Gasteiger partial charge in [-0.2, -0.15) is 0 Å². The van der Waals surface area contributed by atoms with E-state index in [2.05, 4.69) is 9.97 Å². The first-order valence-corrected chi connectivity index (χ1v) is 4.81. The predicted molar refractivity (Wildman–Crippen MR) is 57.9 cm³/mol. The standard InChI is InChI=1S/C12H12N2O/c1-8-11(14-9(2)13-8)12(15)10-6-4-3-5-7-10/h3-7H,1-2H3,(H,13,14). The highest BCUT2D eigenvalue weighted by Gasteiger charge is 2.14. The molecule has 0 aliphatic heterocycles. The summed E-state index contributed by atoms with van der Waals surface area (Å²) in [5.74, 6) is 0.740. The summed E-state index contributed by atoms with van der Waals surface area (Å²) in [5, 5.41) is 0. The molecule has 1 aromatic carbocycles. The highest BCUT2D eigenvalue weighted by molar-refractivity contribution is 6.08. The third kappa shape index (κ3) is 1.81. The fourth-order valence-corrected chi connectivity index (χ4v) is 1.56. The molecule has 1 aromatic heterocycles. The second-order valence-corrected chi connectivity index (χ2v) is 3.49. The number of ketones is 1. The van der Waals surface area contributed by atoms with Crippen molar-refractivity contribution < 1.29 is 4.79 Å². The van der Waals surface area contributed by atoms with Gasteiger partial charge in [0.1, 0.15) is 11.5 Å². The minimum atomic E-state index is -0.0301. The number of benzene rings is 1. The molecular formula is C12H12N2O. The van der Waals surface area contributed by atoms with E-state index in [1.165, 1.54) is 0 Å². The number of carbonyl (C=O) groups is 1. The maximum atomic E-state index is 12.0. The number of nitrogens with zero attached hydrogens (tertiary/aromatic N) is 1. The zero-order valence-electron chi connectivity index (χ0n) is 8.74. The number of hydrogen-bond donors (Lipinski definition) is 1. The smallest absolute Gasteiger partial charge is 0.213 e. The lowest BCUT2D eigenvalue weighted by Crippen LogP contribution is -2.03. The van der Waals surface area contributed by atoms with Gasteiger partial charge in [0, 0.05) is 11.3 Å². The molecule has 2 rings (SSSR count). The summed E-state index contributed by atoms with van der Waals surface area (Å²) in [4.78, 5) is 19.2. The molecule has 0 amide bonds. The Kier molecular flexibility index (Phi) is 2.37. The van der Waals surface area contributed by atoms with Crippen LogP contribution in [-0.2, 0) is 0 Å². The number of aromatic nitrogens is 2. The zero-order chi connectivity index (χ0) is 10.8. The van der Waals surface area contributed by atoms with Crippen LogP contribution in [0.2, 0.25) is 0 Å². The van der Waals surface area contributed by atoms with Gasteiger partial charge in [-0.3, -0.25) is 4.79 Å². The van der Waals surface area contributed by atoms with E-state index in [4.69, 9.17) is 0 Å². The van der Waals surface area contributed by atoms with Crippen LogP contribution in [0.25, 0.3) is 0 Å². The zero-order valence-corrected chi connectivity index (χ0v) is 8.74. The van der Waals surface area contributed by atoms with Gasteiger partial charge < -0.3 is 4.98 Å². The van der Waals surface area contributed by atoms with E-state index in [0.717, 1.165) is 11.5 Å². The molecule has 15 heavy (non-hydrogen) atoms. The van der Waals surface area contributed by atoms with Gasteiger partial charge in [0.2, 0.25) is 5.78 Å². The van der Waals surface area contributed by atoms with E-state index in [9.17, 15) is 4.79 Å². The Morgan fingerprint density at radius 1 is 1.20 bits per heavy atom. The summed E-state index contributed by atoms with van der Waals surface area (Å²) >= 11 is 0. The lowest BCUT2D eigenvalue weighted by molar-refractivity contribution is 0.103. The second-order valence-electron chi connectivity index (χ2n) is 3.49. The van der Waals surface area contributed by atoms with Gasteiger partial charge in [0.25, 0.3) is 0 Å². The van der Waals surface area contributed by atoms with E-state index in [-0.39, 0.29) is 5.78 Å². The monoisotopic (exact) mass is 200 g/mol. The molecule has 0 aliphatic rings. The van der Waals surface area contributed by atoms with Gasteiger partial charge in [0.15, 0.2) is 0 Å². The van der Waals surface area contributed by atoms with Gasteiger partial charge in [-0.15, -0.1) is 0 Å². The van der Waals surface area contributed by atoms with Crippen molar-refractivity contribution in [2.75, 3.05) is 0 Å². The number of aryl methyl sites for hydroxylation is 2. The van der Waals surface area contributed by atoms with Crippen LogP contribution in [0.3, 0.4) is 0 Å². The first-order chi connectivity index (χ1) is 7.18. The second kappa shape index (κ2) is 3.69. The molecule has 0 aliphatic carbocycles. The van der Waals surface area contributed by atoms with Crippen molar-refractivity contribution >= 4 is 5.78 Å².